The molecule has 1 aliphatic heterocycles. The van der Waals surface area contributed by atoms with Gasteiger partial charge in [-0.1, -0.05) is 27.2 Å². The van der Waals surface area contributed by atoms with Gasteiger partial charge in [-0.25, -0.2) is 17.9 Å². The molecular formula is C20H17BrF3N3O5S. The molecule has 6 atom stereocenters. The smallest absolute Gasteiger partial charge is 0.194 e. The Labute approximate surface area is 196 Å². The number of ether oxygens (including phenoxy) is 1. The number of rotatable bonds is 5. The summed E-state index contributed by atoms with van der Waals surface area (Å²) in [5.41, 5.74) is -1.54. The molecule has 3 aromatic rings. The largest absolute Gasteiger partial charge is 0.394 e. The van der Waals surface area contributed by atoms with Crippen molar-refractivity contribution in [3.63, 3.8) is 0 Å². The molecule has 1 aromatic heterocycles. The van der Waals surface area contributed by atoms with Crippen LogP contribution in [0.4, 0.5) is 13.2 Å². The minimum Gasteiger partial charge on any atom is -0.394 e. The Bertz CT molecular complexity index is 1180. The van der Waals surface area contributed by atoms with E-state index in [2.05, 4.69) is 26.2 Å². The molecule has 176 valence electrons. The van der Waals surface area contributed by atoms with E-state index in [1.54, 1.807) is 24.3 Å². The monoisotopic (exact) mass is 547 g/mol. The summed E-state index contributed by atoms with van der Waals surface area (Å²) in [6.45, 7) is -0.646. The lowest BCUT2D eigenvalue weighted by Crippen LogP contribution is -2.57. The summed E-state index contributed by atoms with van der Waals surface area (Å²) in [6.07, 6.45) is -3.09. The van der Waals surface area contributed by atoms with Gasteiger partial charge in [0, 0.05) is 14.9 Å². The fourth-order valence-electron chi connectivity index (χ4n) is 3.54. The predicted octanol–water partition coefficient (Wildman–Crippen LogP) is 1.91. The molecule has 33 heavy (non-hydrogen) atoms. The Morgan fingerprint density at radius 3 is 2.45 bits per heavy atom. The van der Waals surface area contributed by atoms with Crippen LogP contribution >= 0.6 is 15.9 Å². The Hall–Kier alpha value is -2.16. The van der Waals surface area contributed by atoms with Gasteiger partial charge in [-0.15, -0.1) is 5.10 Å². The fraction of sp³-hybridized carbons (Fsp3) is 0.300. The Morgan fingerprint density at radius 2 is 1.82 bits per heavy atom. The summed E-state index contributed by atoms with van der Waals surface area (Å²) in [4.78, 5) is 0.330. The molecule has 8 nitrogen and oxygen atoms in total. The highest BCUT2D eigenvalue weighted by Gasteiger charge is 2.48. The summed E-state index contributed by atoms with van der Waals surface area (Å²) in [5.74, 6) is -4.48. The van der Waals surface area contributed by atoms with Crippen LogP contribution in [0.3, 0.4) is 0 Å². The third-order valence-electron chi connectivity index (χ3n) is 5.18. The van der Waals surface area contributed by atoms with E-state index in [4.69, 9.17) is 4.74 Å². The lowest BCUT2D eigenvalue weighted by atomic mass is 9.97. The van der Waals surface area contributed by atoms with Crippen molar-refractivity contribution in [1.82, 2.24) is 15.0 Å². The molecule has 3 unspecified atom stereocenters. The van der Waals surface area contributed by atoms with Gasteiger partial charge >= 0.3 is 0 Å². The highest BCUT2D eigenvalue weighted by molar-refractivity contribution is 9.10. The minimum atomic E-state index is -1.91. The molecule has 4 rings (SSSR count). The normalized spacial score (nSPS) is 26.3. The summed E-state index contributed by atoms with van der Waals surface area (Å²) < 4.78 is 60.8. The van der Waals surface area contributed by atoms with Crippen molar-refractivity contribution in [1.29, 1.82) is 0 Å². The number of aliphatic hydroxyl groups is 3. The first kappa shape index (κ1) is 24.0. The lowest BCUT2D eigenvalue weighted by Gasteiger charge is -2.41. The van der Waals surface area contributed by atoms with E-state index < -0.39 is 64.6 Å². The summed E-state index contributed by atoms with van der Waals surface area (Å²) in [7, 11) is -1.91. The second kappa shape index (κ2) is 9.60. The van der Waals surface area contributed by atoms with Crippen molar-refractivity contribution in [3.05, 3.63) is 64.5 Å². The van der Waals surface area contributed by atoms with Crippen LogP contribution in [0, 0.1) is 17.5 Å². The fourth-order valence-corrected chi connectivity index (χ4v) is 5.47. The molecule has 0 bridgehead atoms. The second-order valence-electron chi connectivity index (χ2n) is 7.29. The first-order valence-electron chi connectivity index (χ1n) is 9.56. The average molecular weight is 548 g/mol. The third kappa shape index (κ3) is 4.61. The van der Waals surface area contributed by atoms with Crippen molar-refractivity contribution >= 4 is 26.7 Å². The quantitative estimate of drug-likeness (QED) is 0.417. The SMILES string of the molecule is O=S(c1cccc(Br)c1)[C@H]1OC(CO)[C@H](O)C(n2cc(-c3cc(F)c(F)c(F)c3)nn2)[C@@H]1O. The van der Waals surface area contributed by atoms with Gasteiger partial charge in [-0.05, 0) is 30.3 Å². The van der Waals surface area contributed by atoms with Crippen LogP contribution in [0.2, 0.25) is 0 Å². The van der Waals surface area contributed by atoms with Crippen LogP contribution in [0.1, 0.15) is 6.04 Å². The lowest BCUT2D eigenvalue weighted by molar-refractivity contribution is -0.179. The standard InChI is InChI=1S/C20H17BrF3N3O5S/c21-10-2-1-3-11(6-10)33(31)20-19(30)17(18(29)15(8-28)32-20)27-7-14(25-26-27)9-4-12(22)16(24)13(23)5-9/h1-7,15,17-20,28-30H,8H2/t15?,17?,18-,19-,20+,33?/m0/s1. The zero-order chi connectivity index (χ0) is 23.9. The van der Waals surface area contributed by atoms with Gasteiger partial charge in [0.2, 0.25) is 0 Å². The summed E-state index contributed by atoms with van der Waals surface area (Å²) in [6, 6.07) is 6.69. The van der Waals surface area contributed by atoms with Crippen molar-refractivity contribution in [2.75, 3.05) is 6.61 Å². The first-order chi connectivity index (χ1) is 15.7. The molecule has 0 aliphatic carbocycles. The topological polar surface area (TPSA) is 118 Å². The number of hydrogen-bond donors (Lipinski definition) is 3. The van der Waals surface area contributed by atoms with E-state index in [1.165, 1.54) is 6.20 Å². The zero-order valence-electron chi connectivity index (χ0n) is 16.6. The summed E-state index contributed by atoms with van der Waals surface area (Å²) >= 11 is 3.28. The maximum absolute atomic E-state index is 13.6. The van der Waals surface area contributed by atoms with Gasteiger partial charge < -0.3 is 20.1 Å². The Kier molecular flexibility index (Phi) is 6.98. The van der Waals surface area contributed by atoms with E-state index in [1.807, 2.05) is 0 Å². The number of nitrogens with zero attached hydrogens (tertiary/aromatic N) is 3. The molecule has 0 radical (unpaired) electrons. The molecule has 2 aromatic carbocycles. The van der Waals surface area contributed by atoms with Gasteiger partial charge in [0.05, 0.1) is 23.6 Å². The number of aliphatic hydroxyl groups excluding tert-OH is 3. The van der Waals surface area contributed by atoms with Crippen LogP contribution in [-0.4, -0.2) is 64.9 Å². The molecule has 0 amide bonds. The first-order valence-corrected chi connectivity index (χ1v) is 11.6. The van der Waals surface area contributed by atoms with Gasteiger partial charge in [0.1, 0.15) is 30.0 Å². The maximum atomic E-state index is 13.6. The van der Waals surface area contributed by atoms with Crippen LogP contribution in [0.15, 0.2) is 52.0 Å². The molecule has 1 fully saturated rings. The average Bonchev–Trinajstić information content (AvgIpc) is 3.27. The number of aromatic nitrogens is 3. The van der Waals surface area contributed by atoms with E-state index >= 15 is 0 Å². The van der Waals surface area contributed by atoms with E-state index in [9.17, 15) is 32.7 Å². The number of hydrogen-bond acceptors (Lipinski definition) is 7. The molecular weight excluding hydrogens is 531 g/mol. The van der Waals surface area contributed by atoms with Crippen LogP contribution in [0.5, 0.6) is 0 Å². The van der Waals surface area contributed by atoms with E-state index in [-0.39, 0.29) is 11.3 Å². The van der Waals surface area contributed by atoms with Gasteiger partial charge in [0.15, 0.2) is 22.9 Å². The van der Waals surface area contributed by atoms with Crippen molar-refractivity contribution in [2.45, 2.75) is 34.7 Å². The van der Waals surface area contributed by atoms with Crippen molar-refractivity contribution in [2.24, 2.45) is 0 Å². The van der Waals surface area contributed by atoms with Gasteiger partial charge in [-0.3, -0.25) is 4.21 Å². The number of halogens is 4. The molecule has 13 heteroatoms. The van der Waals surface area contributed by atoms with Crippen LogP contribution < -0.4 is 0 Å². The molecule has 0 saturated carbocycles. The minimum absolute atomic E-state index is 0.0658. The highest BCUT2D eigenvalue weighted by Crippen LogP contribution is 2.34. The predicted molar refractivity (Wildman–Crippen MR) is 113 cm³/mol. The molecule has 3 N–H and O–H groups in total. The second-order valence-corrected chi connectivity index (χ2v) is 9.74. The van der Waals surface area contributed by atoms with E-state index in [0.717, 1.165) is 16.8 Å². The van der Waals surface area contributed by atoms with Crippen molar-refractivity contribution in [3.8, 4) is 11.3 Å². The van der Waals surface area contributed by atoms with Crippen LogP contribution in [0.25, 0.3) is 11.3 Å². The number of benzene rings is 2. The van der Waals surface area contributed by atoms with Crippen molar-refractivity contribution < 1.29 is 37.4 Å². The zero-order valence-corrected chi connectivity index (χ0v) is 19.0. The Morgan fingerprint density at radius 1 is 1.12 bits per heavy atom. The molecule has 0 spiro atoms. The molecule has 1 aliphatic rings. The molecule has 1 saturated heterocycles. The van der Waals surface area contributed by atoms with Gasteiger partial charge in [0.25, 0.3) is 0 Å². The molecule has 2 heterocycles. The maximum Gasteiger partial charge on any atom is 0.194 e. The van der Waals surface area contributed by atoms with E-state index in [0.29, 0.717) is 9.37 Å². The Balaban J connectivity index is 1.68. The highest BCUT2D eigenvalue weighted by atomic mass is 79.9. The van der Waals surface area contributed by atoms with Gasteiger partial charge in [-0.2, -0.15) is 0 Å². The summed E-state index contributed by atoms with van der Waals surface area (Å²) in [5, 5.41) is 38.9. The van der Waals surface area contributed by atoms with Crippen LogP contribution in [-0.2, 0) is 15.5 Å². The third-order valence-corrected chi connectivity index (χ3v) is 7.21.